The Labute approximate surface area is 210 Å². The van der Waals surface area contributed by atoms with Crippen LogP contribution in [0, 0.1) is 11.8 Å². The molecule has 0 bridgehead atoms. The molecule has 36 heavy (non-hydrogen) atoms. The zero-order valence-corrected chi connectivity index (χ0v) is 21.1. The van der Waals surface area contributed by atoms with E-state index in [-0.39, 0.29) is 31.4 Å². The number of halogens is 1. The molecule has 4 rings (SSSR count). The number of nitrogens with zero attached hydrogens (tertiary/aromatic N) is 1. The highest BCUT2D eigenvalue weighted by Crippen LogP contribution is 2.58. The van der Waals surface area contributed by atoms with Gasteiger partial charge in [-0.25, -0.2) is 4.39 Å². The lowest BCUT2D eigenvalue weighted by atomic mass is 9.71. The van der Waals surface area contributed by atoms with Crippen LogP contribution in [0.5, 0.6) is 5.75 Å². The molecule has 0 radical (unpaired) electrons. The number of hydrogen-bond donors (Lipinski definition) is 2. The SMILES string of the molecule is C=CCN1C(=O)[C@]2(O[C@H](CCO)[C@@H](C(C)(C)F)[C@@H]2C)c2cc(NC(=O)c3ccc(OC)cc3)ccc21. The topological polar surface area (TPSA) is 88.1 Å². The maximum absolute atomic E-state index is 15.4. The predicted octanol–water partition coefficient (Wildman–Crippen LogP) is 4.46. The summed E-state index contributed by atoms with van der Waals surface area (Å²) in [6, 6.07) is 11.9. The van der Waals surface area contributed by atoms with Gasteiger partial charge in [0.1, 0.15) is 11.4 Å². The Morgan fingerprint density at radius 2 is 2.00 bits per heavy atom. The molecule has 2 aromatic carbocycles. The molecule has 192 valence electrons. The van der Waals surface area contributed by atoms with Crippen LogP contribution in [0.25, 0.3) is 0 Å². The van der Waals surface area contributed by atoms with Crippen molar-refractivity contribution in [2.75, 3.05) is 30.5 Å². The van der Waals surface area contributed by atoms with Crippen LogP contribution < -0.4 is 15.0 Å². The molecule has 0 saturated carbocycles. The summed E-state index contributed by atoms with van der Waals surface area (Å²) in [7, 11) is 1.55. The van der Waals surface area contributed by atoms with Crippen molar-refractivity contribution in [2.24, 2.45) is 11.8 Å². The van der Waals surface area contributed by atoms with Gasteiger partial charge in [0.2, 0.25) is 0 Å². The van der Waals surface area contributed by atoms with E-state index in [9.17, 15) is 14.7 Å². The number of benzene rings is 2. The molecule has 2 N–H and O–H groups in total. The fourth-order valence-electron chi connectivity index (χ4n) is 5.78. The lowest BCUT2D eigenvalue weighted by Crippen LogP contribution is -2.45. The number of carbonyl (C=O) groups is 2. The predicted molar refractivity (Wildman–Crippen MR) is 136 cm³/mol. The molecular formula is C28H33FN2O5. The number of aliphatic hydroxyl groups excluding tert-OH is 1. The van der Waals surface area contributed by atoms with Gasteiger partial charge in [0, 0.05) is 41.8 Å². The second-order valence-corrected chi connectivity index (χ2v) is 9.90. The average Bonchev–Trinajstić information content (AvgIpc) is 3.26. The van der Waals surface area contributed by atoms with E-state index in [0.29, 0.717) is 28.3 Å². The molecule has 0 unspecified atom stereocenters. The van der Waals surface area contributed by atoms with Gasteiger partial charge < -0.3 is 24.8 Å². The van der Waals surface area contributed by atoms with E-state index < -0.39 is 29.2 Å². The molecule has 0 aromatic heterocycles. The Bertz CT molecular complexity index is 1160. The van der Waals surface area contributed by atoms with E-state index in [4.69, 9.17) is 9.47 Å². The van der Waals surface area contributed by atoms with Crippen molar-refractivity contribution in [1.82, 2.24) is 0 Å². The maximum atomic E-state index is 15.4. The molecule has 8 heteroatoms. The van der Waals surface area contributed by atoms with Crippen molar-refractivity contribution in [3.05, 3.63) is 66.2 Å². The van der Waals surface area contributed by atoms with Gasteiger partial charge >= 0.3 is 0 Å². The molecule has 1 fully saturated rings. The van der Waals surface area contributed by atoms with E-state index in [1.54, 1.807) is 60.6 Å². The summed E-state index contributed by atoms with van der Waals surface area (Å²) in [5, 5.41) is 12.5. The fourth-order valence-corrected chi connectivity index (χ4v) is 5.78. The summed E-state index contributed by atoms with van der Waals surface area (Å²) in [6.07, 6.45) is 1.19. The Morgan fingerprint density at radius 1 is 1.31 bits per heavy atom. The molecular weight excluding hydrogens is 463 g/mol. The molecule has 4 atom stereocenters. The van der Waals surface area contributed by atoms with Crippen molar-refractivity contribution in [1.29, 1.82) is 0 Å². The first-order chi connectivity index (χ1) is 17.1. The minimum absolute atomic E-state index is 0.185. The number of rotatable bonds is 8. The number of carbonyl (C=O) groups excluding carboxylic acids is 2. The van der Waals surface area contributed by atoms with Gasteiger partial charge in [0.25, 0.3) is 11.8 Å². The average molecular weight is 497 g/mol. The molecule has 2 amide bonds. The zero-order chi connectivity index (χ0) is 26.3. The van der Waals surface area contributed by atoms with Crippen molar-refractivity contribution >= 4 is 23.2 Å². The highest BCUT2D eigenvalue weighted by atomic mass is 19.1. The Kier molecular flexibility index (Phi) is 6.94. The Morgan fingerprint density at radius 3 is 2.58 bits per heavy atom. The first kappa shape index (κ1) is 25.9. The quantitative estimate of drug-likeness (QED) is 0.527. The van der Waals surface area contributed by atoms with Crippen LogP contribution in [0.2, 0.25) is 0 Å². The summed E-state index contributed by atoms with van der Waals surface area (Å²) in [5.74, 6) is -1.12. The maximum Gasteiger partial charge on any atom is 0.264 e. The summed E-state index contributed by atoms with van der Waals surface area (Å²) >= 11 is 0. The van der Waals surface area contributed by atoms with Gasteiger partial charge in [0.05, 0.1) is 18.9 Å². The van der Waals surface area contributed by atoms with Crippen LogP contribution in [0.1, 0.15) is 43.1 Å². The van der Waals surface area contributed by atoms with E-state index >= 15 is 4.39 Å². The van der Waals surface area contributed by atoms with Crippen molar-refractivity contribution in [3.63, 3.8) is 0 Å². The highest BCUT2D eigenvalue weighted by molar-refractivity contribution is 6.09. The number of nitrogens with one attached hydrogen (secondary N) is 1. The summed E-state index contributed by atoms with van der Waals surface area (Å²) in [4.78, 5) is 28.4. The van der Waals surface area contributed by atoms with Gasteiger partial charge in [0.15, 0.2) is 5.60 Å². The van der Waals surface area contributed by atoms with Crippen molar-refractivity contribution < 1.29 is 28.6 Å². The first-order valence-electron chi connectivity index (χ1n) is 12.1. The van der Waals surface area contributed by atoms with Gasteiger partial charge in [-0.1, -0.05) is 13.0 Å². The lowest BCUT2D eigenvalue weighted by Gasteiger charge is -2.32. The highest BCUT2D eigenvalue weighted by Gasteiger charge is 2.66. The molecule has 0 aliphatic carbocycles. The van der Waals surface area contributed by atoms with Crippen molar-refractivity contribution in [2.45, 2.75) is 44.6 Å². The van der Waals surface area contributed by atoms with Crippen LogP contribution in [-0.4, -0.2) is 49.0 Å². The minimum Gasteiger partial charge on any atom is -0.497 e. The number of fused-ring (bicyclic) bond motifs is 2. The third-order valence-electron chi connectivity index (χ3n) is 7.30. The lowest BCUT2D eigenvalue weighted by molar-refractivity contribution is -0.146. The van der Waals surface area contributed by atoms with Crippen LogP contribution in [-0.2, 0) is 15.1 Å². The summed E-state index contributed by atoms with van der Waals surface area (Å²) in [5.41, 5.74) is -0.941. The van der Waals surface area contributed by atoms with Crippen molar-refractivity contribution in [3.8, 4) is 5.75 Å². The third-order valence-corrected chi connectivity index (χ3v) is 7.30. The monoisotopic (exact) mass is 496 g/mol. The number of hydrogen-bond acceptors (Lipinski definition) is 5. The largest absolute Gasteiger partial charge is 0.497 e. The molecule has 2 aromatic rings. The van der Waals surface area contributed by atoms with Gasteiger partial charge in [-0.2, -0.15) is 0 Å². The minimum atomic E-state index is -1.64. The normalized spacial score (nSPS) is 25.2. The fraction of sp³-hybridized carbons (Fsp3) is 0.429. The zero-order valence-electron chi connectivity index (χ0n) is 21.1. The van der Waals surface area contributed by atoms with Crippen LogP contribution in [0.4, 0.5) is 15.8 Å². The van der Waals surface area contributed by atoms with Crippen LogP contribution in [0.15, 0.2) is 55.1 Å². The Hall–Kier alpha value is -3.23. The smallest absolute Gasteiger partial charge is 0.264 e. The molecule has 2 heterocycles. The second kappa shape index (κ2) is 9.67. The standard InChI is InChI=1S/C28H33FN2O5/c1-6-14-31-22-12-9-19(30-25(33)18-7-10-20(35-5)11-8-18)16-21(22)28(26(31)34)17(2)24(27(3,4)29)23(36-28)13-15-32/h6-12,16-17,23-24,32H,1,13-15H2,2-5H3,(H,30,33)/t17-,23+,24-,28+/m0/s1. The summed E-state index contributed by atoms with van der Waals surface area (Å²) in [6.45, 7) is 8.63. The van der Waals surface area contributed by atoms with E-state index in [0.717, 1.165) is 0 Å². The van der Waals surface area contributed by atoms with Gasteiger partial charge in [-0.3, -0.25) is 9.59 Å². The number of alkyl halides is 1. The molecule has 2 aliphatic heterocycles. The molecule has 1 saturated heterocycles. The number of anilines is 2. The molecule has 1 spiro atoms. The van der Waals surface area contributed by atoms with E-state index in [1.807, 2.05) is 6.92 Å². The van der Waals surface area contributed by atoms with Crippen LogP contribution >= 0.6 is 0 Å². The van der Waals surface area contributed by atoms with Gasteiger partial charge in [-0.05, 0) is 62.7 Å². The Balaban J connectivity index is 1.76. The van der Waals surface area contributed by atoms with Gasteiger partial charge in [-0.15, -0.1) is 6.58 Å². The number of amides is 2. The number of aliphatic hydroxyl groups is 1. The second-order valence-electron chi connectivity index (χ2n) is 9.90. The summed E-state index contributed by atoms with van der Waals surface area (Å²) < 4.78 is 27.0. The molecule has 2 aliphatic rings. The van der Waals surface area contributed by atoms with E-state index in [1.165, 1.54) is 13.8 Å². The number of ether oxygens (including phenoxy) is 2. The molecule has 7 nitrogen and oxygen atoms in total. The number of methoxy groups -OCH3 is 1. The van der Waals surface area contributed by atoms with E-state index in [2.05, 4.69) is 11.9 Å². The first-order valence-corrected chi connectivity index (χ1v) is 12.1. The third kappa shape index (κ3) is 4.18. The van der Waals surface area contributed by atoms with Crippen LogP contribution in [0.3, 0.4) is 0 Å².